The van der Waals surface area contributed by atoms with Gasteiger partial charge in [0.25, 0.3) is 5.91 Å². The first-order valence-corrected chi connectivity index (χ1v) is 8.21. The van der Waals surface area contributed by atoms with E-state index in [1.165, 1.54) is 0 Å². The van der Waals surface area contributed by atoms with Crippen LogP contribution in [0.1, 0.15) is 44.3 Å². The number of carbonyl (C=O) groups is 1. The van der Waals surface area contributed by atoms with Crippen LogP contribution in [0.3, 0.4) is 0 Å². The van der Waals surface area contributed by atoms with Crippen LogP contribution < -0.4 is 5.32 Å². The Labute approximate surface area is 130 Å². The average molecular weight is 308 g/mol. The fraction of sp³-hybridized carbons (Fsp3) is 0.800. The Bertz CT molecular complexity index is 491. The molecular weight excluding hydrogens is 284 g/mol. The van der Waals surface area contributed by atoms with Crippen LogP contribution >= 0.6 is 0 Å². The molecule has 2 fully saturated rings. The van der Waals surface area contributed by atoms with E-state index in [0.29, 0.717) is 18.5 Å². The molecular formula is C15H24N4O3. The number of carbonyl (C=O) groups excluding carboxylic acids is 1. The number of hydrogen-bond acceptors (Lipinski definition) is 6. The number of aryl methyl sites for hydroxylation is 1. The van der Waals surface area contributed by atoms with E-state index in [2.05, 4.69) is 15.5 Å². The minimum atomic E-state index is -0.199. The van der Waals surface area contributed by atoms with Crippen molar-refractivity contribution in [1.82, 2.24) is 20.4 Å². The Hall–Kier alpha value is -1.47. The highest BCUT2D eigenvalue weighted by molar-refractivity contribution is 5.81. The van der Waals surface area contributed by atoms with Crippen molar-refractivity contribution in [3.8, 4) is 0 Å². The van der Waals surface area contributed by atoms with Crippen molar-refractivity contribution in [3.05, 3.63) is 11.7 Å². The van der Waals surface area contributed by atoms with Crippen LogP contribution in [-0.4, -0.2) is 52.8 Å². The molecule has 3 heterocycles. The predicted octanol–water partition coefficient (Wildman–Crippen LogP) is 0.892. The van der Waals surface area contributed by atoms with Gasteiger partial charge in [-0.25, -0.2) is 0 Å². The lowest BCUT2D eigenvalue weighted by atomic mass is 10.0. The number of amides is 1. The minimum absolute atomic E-state index is 0.167. The molecule has 1 amide bonds. The molecule has 2 aliphatic rings. The molecule has 2 saturated heterocycles. The molecule has 22 heavy (non-hydrogen) atoms. The van der Waals surface area contributed by atoms with E-state index in [1.807, 2.05) is 11.8 Å². The summed E-state index contributed by atoms with van der Waals surface area (Å²) in [6.45, 7) is 4.90. The highest BCUT2D eigenvalue weighted by atomic mass is 16.5. The van der Waals surface area contributed by atoms with Crippen LogP contribution in [0.5, 0.6) is 0 Å². The second-order valence-electron chi connectivity index (χ2n) is 5.94. The first-order valence-electron chi connectivity index (χ1n) is 8.21. The molecule has 1 aromatic heterocycles. The van der Waals surface area contributed by atoms with Gasteiger partial charge in [0.2, 0.25) is 5.89 Å². The minimum Gasteiger partial charge on any atom is -0.368 e. The molecule has 0 radical (unpaired) electrons. The van der Waals surface area contributed by atoms with Crippen LogP contribution in [0.15, 0.2) is 4.52 Å². The van der Waals surface area contributed by atoms with E-state index in [0.717, 1.165) is 57.6 Å². The number of nitrogens with zero attached hydrogens (tertiary/aromatic N) is 3. The number of aromatic nitrogens is 2. The highest BCUT2D eigenvalue weighted by Gasteiger charge is 2.30. The first kappa shape index (κ1) is 15.4. The monoisotopic (exact) mass is 308 g/mol. The molecule has 1 unspecified atom stereocenters. The molecule has 1 N–H and O–H groups in total. The largest absolute Gasteiger partial charge is 0.368 e. The van der Waals surface area contributed by atoms with Crippen molar-refractivity contribution in [2.45, 2.75) is 57.7 Å². The van der Waals surface area contributed by atoms with Gasteiger partial charge in [0.1, 0.15) is 6.10 Å². The molecule has 0 saturated carbocycles. The molecule has 0 spiro atoms. The van der Waals surface area contributed by atoms with Crippen LogP contribution in [0, 0.1) is 0 Å². The summed E-state index contributed by atoms with van der Waals surface area (Å²) in [6, 6.07) is 0.394. The van der Waals surface area contributed by atoms with Crippen molar-refractivity contribution >= 4 is 5.91 Å². The number of nitrogens with one attached hydrogen (secondary N) is 1. The van der Waals surface area contributed by atoms with Gasteiger partial charge in [0.05, 0.1) is 6.54 Å². The summed E-state index contributed by atoms with van der Waals surface area (Å²) >= 11 is 0. The fourth-order valence-corrected chi connectivity index (χ4v) is 3.02. The third kappa shape index (κ3) is 3.64. The zero-order chi connectivity index (χ0) is 15.4. The maximum Gasteiger partial charge on any atom is 0.251 e. The molecule has 1 atom stereocenters. The fourth-order valence-electron chi connectivity index (χ4n) is 3.02. The van der Waals surface area contributed by atoms with Crippen molar-refractivity contribution in [1.29, 1.82) is 0 Å². The smallest absolute Gasteiger partial charge is 0.251 e. The highest BCUT2D eigenvalue weighted by Crippen LogP contribution is 2.18. The second-order valence-corrected chi connectivity index (χ2v) is 5.94. The Morgan fingerprint density at radius 3 is 2.82 bits per heavy atom. The quantitative estimate of drug-likeness (QED) is 0.870. The summed E-state index contributed by atoms with van der Waals surface area (Å²) in [4.78, 5) is 18.5. The summed E-state index contributed by atoms with van der Waals surface area (Å²) < 4.78 is 10.6. The summed E-state index contributed by atoms with van der Waals surface area (Å²) in [5, 5.41) is 7.32. The number of ether oxygens (including phenoxy) is 1. The molecule has 0 aromatic carbocycles. The van der Waals surface area contributed by atoms with Crippen molar-refractivity contribution in [2.75, 3.05) is 19.7 Å². The summed E-state index contributed by atoms with van der Waals surface area (Å²) in [5.41, 5.74) is 0. The number of piperidine rings is 1. The molecule has 122 valence electrons. The van der Waals surface area contributed by atoms with Gasteiger partial charge < -0.3 is 19.5 Å². The normalized spacial score (nSPS) is 23.1. The van der Waals surface area contributed by atoms with E-state index in [-0.39, 0.29) is 12.0 Å². The Morgan fingerprint density at radius 2 is 2.18 bits per heavy atom. The lowest BCUT2D eigenvalue weighted by Gasteiger charge is -2.33. The first-order chi connectivity index (χ1) is 10.8. The SMILES string of the molecule is CCc1noc(CNC2CCN(C(=O)C3CCCO3)CC2)n1. The van der Waals surface area contributed by atoms with Gasteiger partial charge in [-0.05, 0) is 25.7 Å². The van der Waals surface area contributed by atoms with E-state index >= 15 is 0 Å². The lowest BCUT2D eigenvalue weighted by Crippen LogP contribution is -2.47. The van der Waals surface area contributed by atoms with Crippen LogP contribution in [0.2, 0.25) is 0 Å². The van der Waals surface area contributed by atoms with Gasteiger partial charge in [-0.2, -0.15) is 4.98 Å². The molecule has 2 aliphatic heterocycles. The van der Waals surface area contributed by atoms with Gasteiger partial charge in [-0.15, -0.1) is 0 Å². The summed E-state index contributed by atoms with van der Waals surface area (Å²) in [7, 11) is 0. The molecule has 1 aromatic rings. The second kappa shape index (κ2) is 7.19. The van der Waals surface area contributed by atoms with Gasteiger partial charge >= 0.3 is 0 Å². The van der Waals surface area contributed by atoms with E-state index in [1.54, 1.807) is 0 Å². The van der Waals surface area contributed by atoms with Crippen molar-refractivity contribution in [2.24, 2.45) is 0 Å². The third-order valence-corrected chi connectivity index (χ3v) is 4.38. The van der Waals surface area contributed by atoms with E-state index in [4.69, 9.17) is 9.26 Å². The van der Waals surface area contributed by atoms with Crippen molar-refractivity contribution in [3.63, 3.8) is 0 Å². The zero-order valence-electron chi connectivity index (χ0n) is 13.1. The topological polar surface area (TPSA) is 80.5 Å². The number of hydrogen-bond donors (Lipinski definition) is 1. The van der Waals surface area contributed by atoms with Crippen LogP contribution in [0.25, 0.3) is 0 Å². The van der Waals surface area contributed by atoms with Crippen LogP contribution in [0.4, 0.5) is 0 Å². The Balaban J connectivity index is 1.40. The van der Waals surface area contributed by atoms with Gasteiger partial charge in [-0.3, -0.25) is 4.79 Å². The molecule has 0 bridgehead atoms. The van der Waals surface area contributed by atoms with Gasteiger partial charge in [0.15, 0.2) is 5.82 Å². The lowest BCUT2D eigenvalue weighted by molar-refractivity contribution is -0.142. The third-order valence-electron chi connectivity index (χ3n) is 4.38. The van der Waals surface area contributed by atoms with Gasteiger partial charge in [-0.1, -0.05) is 12.1 Å². The van der Waals surface area contributed by atoms with E-state index < -0.39 is 0 Å². The Morgan fingerprint density at radius 1 is 1.36 bits per heavy atom. The maximum atomic E-state index is 12.3. The Kier molecular flexibility index (Phi) is 5.04. The molecule has 0 aliphatic carbocycles. The van der Waals surface area contributed by atoms with Crippen LogP contribution in [-0.2, 0) is 22.5 Å². The summed E-state index contributed by atoms with van der Waals surface area (Å²) in [6.07, 6.45) is 4.36. The number of likely N-dealkylation sites (tertiary alicyclic amines) is 1. The molecule has 3 rings (SSSR count). The molecule has 7 heteroatoms. The number of rotatable bonds is 5. The maximum absolute atomic E-state index is 12.3. The predicted molar refractivity (Wildman–Crippen MR) is 79.1 cm³/mol. The van der Waals surface area contributed by atoms with E-state index in [9.17, 15) is 4.79 Å². The summed E-state index contributed by atoms with van der Waals surface area (Å²) in [5.74, 6) is 1.55. The standard InChI is InChI=1S/C15H24N4O3/c1-2-13-17-14(22-18-13)10-16-11-5-7-19(8-6-11)15(20)12-4-3-9-21-12/h11-12,16H,2-10H2,1H3. The molecule has 7 nitrogen and oxygen atoms in total. The average Bonchev–Trinajstić information content (AvgIpc) is 3.24. The van der Waals surface area contributed by atoms with Crippen molar-refractivity contribution < 1.29 is 14.1 Å². The zero-order valence-corrected chi connectivity index (χ0v) is 13.1. The van der Waals surface area contributed by atoms with Gasteiger partial charge in [0, 0.05) is 32.2 Å².